The van der Waals surface area contributed by atoms with Crippen molar-refractivity contribution in [2.75, 3.05) is 0 Å². The minimum atomic E-state index is -0.745. The molecule has 8 heteroatoms. The summed E-state index contributed by atoms with van der Waals surface area (Å²) in [5, 5.41) is 15.3. The molecule has 0 radical (unpaired) electrons. The fourth-order valence-electron chi connectivity index (χ4n) is 9.78. The van der Waals surface area contributed by atoms with Gasteiger partial charge in [0.15, 0.2) is 0 Å². The van der Waals surface area contributed by atoms with E-state index in [0.717, 1.165) is 63.4 Å². The maximum absolute atomic E-state index is 13.3. The first kappa shape index (κ1) is 32.1. The number of fused-ring (bicyclic) bond motifs is 5. The van der Waals surface area contributed by atoms with Gasteiger partial charge in [-0.25, -0.2) is 14.4 Å². The number of amides is 1. The van der Waals surface area contributed by atoms with Gasteiger partial charge in [0.05, 0.1) is 11.9 Å². The van der Waals surface area contributed by atoms with E-state index in [1.54, 1.807) is 27.0 Å². The number of hydrogen-bond donors (Lipinski definition) is 2. The number of esters is 1. The predicted octanol–water partition coefficient (Wildman–Crippen LogP) is 6.73. The molecule has 240 valence electrons. The van der Waals surface area contributed by atoms with Gasteiger partial charge in [-0.1, -0.05) is 27.7 Å². The van der Waals surface area contributed by atoms with E-state index in [1.165, 1.54) is 6.07 Å². The first-order valence-electron chi connectivity index (χ1n) is 16.6. The van der Waals surface area contributed by atoms with Crippen LogP contribution in [-0.4, -0.2) is 40.5 Å². The van der Waals surface area contributed by atoms with Crippen molar-refractivity contribution in [3.63, 3.8) is 0 Å². The molecule has 1 heterocycles. The van der Waals surface area contributed by atoms with E-state index in [-0.39, 0.29) is 46.3 Å². The average molecular weight is 600 g/mol. The van der Waals surface area contributed by atoms with E-state index in [9.17, 15) is 19.5 Å². The molecule has 4 aliphatic rings. The molecular weight excluding hydrogens is 546 g/mol. The maximum Gasteiger partial charge on any atom is 0.408 e. The van der Waals surface area contributed by atoms with E-state index < -0.39 is 23.3 Å². The van der Waals surface area contributed by atoms with Gasteiger partial charge >= 0.3 is 17.7 Å². The third-order valence-electron chi connectivity index (χ3n) is 11.9. The fraction of sp³-hybridized carbons (Fsp3) is 0.800. The molecule has 2 unspecified atom stereocenters. The van der Waals surface area contributed by atoms with Crippen LogP contribution in [0.4, 0.5) is 4.79 Å². The second kappa shape index (κ2) is 11.5. The molecule has 1 aromatic rings. The molecule has 4 saturated carbocycles. The zero-order valence-electron chi connectivity index (χ0n) is 27.2. The van der Waals surface area contributed by atoms with Crippen LogP contribution in [0.2, 0.25) is 0 Å². The Bertz CT molecular complexity index is 1230. The summed E-state index contributed by atoms with van der Waals surface area (Å²) in [6.45, 7) is 14.1. The average Bonchev–Trinajstić information content (AvgIpc) is 3.18. The van der Waals surface area contributed by atoms with Crippen LogP contribution in [0, 0.1) is 34.5 Å². The summed E-state index contributed by atoms with van der Waals surface area (Å²) in [7, 11) is 0. The van der Waals surface area contributed by atoms with Crippen molar-refractivity contribution < 1.29 is 28.6 Å². The van der Waals surface area contributed by atoms with Crippen LogP contribution in [0.3, 0.4) is 0 Å². The molecule has 4 aliphatic carbocycles. The molecular formula is C35H53NO7. The van der Waals surface area contributed by atoms with E-state index in [1.807, 2.05) is 19.9 Å². The van der Waals surface area contributed by atoms with E-state index in [4.69, 9.17) is 13.9 Å². The largest absolute Gasteiger partial charge is 0.461 e. The third kappa shape index (κ3) is 6.02. The lowest BCUT2D eigenvalue weighted by molar-refractivity contribution is -0.207. The van der Waals surface area contributed by atoms with Crippen molar-refractivity contribution in [1.82, 2.24) is 5.32 Å². The van der Waals surface area contributed by atoms with E-state index in [0.29, 0.717) is 18.3 Å². The first-order valence-corrected chi connectivity index (χ1v) is 16.6. The van der Waals surface area contributed by atoms with Gasteiger partial charge in [-0.3, -0.25) is 0 Å². The number of alkyl carbamates (subject to hydrolysis) is 1. The highest BCUT2D eigenvalue weighted by Crippen LogP contribution is 2.70. The Balaban J connectivity index is 1.25. The number of hydrogen-bond acceptors (Lipinski definition) is 7. The molecule has 9 atom stereocenters. The summed E-state index contributed by atoms with van der Waals surface area (Å²) < 4.78 is 16.7. The van der Waals surface area contributed by atoms with Crippen molar-refractivity contribution in [3.05, 3.63) is 34.4 Å². The summed E-state index contributed by atoms with van der Waals surface area (Å²) in [6.07, 6.45) is 9.60. The van der Waals surface area contributed by atoms with Gasteiger partial charge < -0.3 is 24.3 Å². The molecule has 43 heavy (non-hydrogen) atoms. The van der Waals surface area contributed by atoms with Gasteiger partial charge in [0.2, 0.25) is 0 Å². The second-order valence-corrected chi connectivity index (χ2v) is 16.0. The van der Waals surface area contributed by atoms with Gasteiger partial charge in [0.25, 0.3) is 0 Å². The SMILES string of the molecule is CC(C)C[C@@H](NC(=O)OC(C)(C)C)C(=O)O[C@H]1CC[C@@]2(C)[C@H](CC[C@@H]3[C@@H]2CCC2(C)[C@@H](c4ccc(=O)oc4)CCC32O)C1. The zero-order valence-corrected chi connectivity index (χ0v) is 27.2. The lowest BCUT2D eigenvalue weighted by Gasteiger charge is -2.63. The van der Waals surface area contributed by atoms with E-state index in [2.05, 4.69) is 19.2 Å². The number of ether oxygens (including phenoxy) is 2. The van der Waals surface area contributed by atoms with Crippen LogP contribution in [0.15, 0.2) is 27.6 Å². The number of nitrogens with one attached hydrogen (secondary N) is 1. The summed E-state index contributed by atoms with van der Waals surface area (Å²) >= 11 is 0. The molecule has 4 fully saturated rings. The summed E-state index contributed by atoms with van der Waals surface area (Å²) in [4.78, 5) is 37.4. The summed E-state index contributed by atoms with van der Waals surface area (Å²) in [6, 6.07) is 2.64. The van der Waals surface area contributed by atoms with Crippen LogP contribution in [0.25, 0.3) is 0 Å². The number of rotatable bonds is 6. The highest BCUT2D eigenvalue weighted by molar-refractivity contribution is 5.81. The number of carbonyl (C=O) groups excluding carboxylic acids is 2. The Labute approximate surface area is 256 Å². The smallest absolute Gasteiger partial charge is 0.408 e. The maximum atomic E-state index is 13.3. The molecule has 0 saturated heterocycles. The topological polar surface area (TPSA) is 115 Å². The Hall–Kier alpha value is -2.35. The first-order chi connectivity index (χ1) is 20.1. The summed E-state index contributed by atoms with van der Waals surface area (Å²) in [5.74, 6) is 1.10. The van der Waals surface area contributed by atoms with Gasteiger partial charge in [-0.15, -0.1) is 0 Å². The molecule has 1 aromatic heterocycles. The molecule has 1 amide bonds. The van der Waals surface area contributed by atoms with Crippen molar-refractivity contribution in [2.24, 2.45) is 34.5 Å². The Morgan fingerprint density at radius 1 is 1.05 bits per heavy atom. The second-order valence-electron chi connectivity index (χ2n) is 16.0. The zero-order chi connectivity index (χ0) is 31.4. The number of aliphatic hydroxyl groups is 1. The third-order valence-corrected chi connectivity index (χ3v) is 11.9. The highest BCUT2D eigenvalue weighted by Gasteiger charge is 2.67. The van der Waals surface area contributed by atoms with Gasteiger partial charge in [-0.05, 0) is 132 Å². The predicted molar refractivity (Wildman–Crippen MR) is 163 cm³/mol. The van der Waals surface area contributed by atoms with Crippen molar-refractivity contribution in [2.45, 2.75) is 142 Å². The van der Waals surface area contributed by atoms with Crippen LogP contribution in [0.1, 0.15) is 124 Å². The van der Waals surface area contributed by atoms with Gasteiger partial charge in [0.1, 0.15) is 17.7 Å². The van der Waals surface area contributed by atoms with Crippen LogP contribution < -0.4 is 10.9 Å². The fourth-order valence-corrected chi connectivity index (χ4v) is 9.78. The van der Waals surface area contributed by atoms with Crippen molar-refractivity contribution in [3.8, 4) is 0 Å². The van der Waals surface area contributed by atoms with Crippen molar-refractivity contribution >= 4 is 12.1 Å². The minimum Gasteiger partial charge on any atom is -0.461 e. The highest BCUT2D eigenvalue weighted by atomic mass is 16.6. The molecule has 5 rings (SSSR count). The lowest BCUT2D eigenvalue weighted by atomic mass is 9.43. The lowest BCUT2D eigenvalue weighted by Crippen LogP contribution is -2.62. The van der Waals surface area contributed by atoms with Crippen molar-refractivity contribution in [1.29, 1.82) is 0 Å². The molecule has 0 aromatic carbocycles. The molecule has 2 N–H and O–H groups in total. The minimum absolute atomic E-state index is 0.0899. The van der Waals surface area contributed by atoms with Gasteiger partial charge in [0, 0.05) is 11.5 Å². The standard InChI is InChI=1S/C35H53NO7/c1-21(2)18-28(36-31(39)43-32(3,4)5)30(38)42-24-12-15-33(6)23(19-24)9-10-27-26(33)13-16-34(7)25(14-17-35(27,34)40)22-8-11-29(37)41-20-22/h8,11,20-21,23-28,40H,9-10,12-19H2,1-7H3,(H,36,39)/t23-,24+,25-,26+,27-,28-,33+,34?,35?/m1/s1. The number of carbonyl (C=O) groups is 2. The molecule has 8 nitrogen and oxygen atoms in total. The van der Waals surface area contributed by atoms with Crippen LogP contribution in [-0.2, 0) is 14.3 Å². The quantitative estimate of drug-likeness (QED) is 0.348. The van der Waals surface area contributed by atoms with Gasteiger partial charge in [-0.2, -0.15) is 0 Å². The van der Waals surface area contributed by atoms with E-state index >= 15 is 0 Å². The normalized spacial score (nSPS) is 37.9. The Morgan fingerprint density at radius 3 is 2.44 bits per heavy atom. The Morgan fingerprint density at radius 2 is 1.79 bits per heavy atom. The molecule has 0 aliphatic heterocycles. The Kier molecular flexibility index (Phi) is 8.60. The van der Waals surface area contributed by atoms with Crippen LogP contribution in [0.5, 0.6) is 0 Å². The monoisotopic (exact) mass is 599 g/mol. The summed E-state index contributed by atoms with van der Waals surface area (Å²) in [5.41, 5.74) is -0.872. The van der Waals surface area contributed by atoms with Crippen LogP contribution >= 0.6 is 0 Å². The molecule has 0 bridgehead atoms. The molecule has 0 spiro atoms.